The summed E-state index contributed by atoms with van der Waals surface area (Å²) >= 11 is 0. The Hall–Kier alpha value is -4.29. The summed E-state index contributed by atoms with van der Waals surface area (Å²) < 4.78 is 33.6. The van der Waals surface area contributed by atoms with Crippen molar-refractivity contribution in [3.05, 3.63) is 72.6 Å². The molecular formula is C29H33F2N7O3. The summed E-state index contributed by atoms with van der Waals surface area (Å²) in [6.45, 7) is 5.58. The lowest BCUT2D eigenvalue weighted by Gasteiger charge is -2.26. The monoisotopic (exact) mass is 565 g/mol. The summed E-state index contributed by atoms with van der Waals surface area (Å²) in [6.07, 6.45) is 4.12. The van der Waals surface area contributed by atoms with Crippen molar-refractivity contribution in [1.29, 1.82) is 0 Å². The van der Waals surface area contributed by atoms with Gasteiger partial charge in [0, 0.05) is 43.8 Å². The number of aromatic nitrogens is 2. The van der Waals surface area contributed by atoms with Gasteiger partial charge >= 0.3 is 0 Å². The zero-order chi connectivity index (χ0) is 29.1. The molecule has 2 atom stereocenters. The smallest absolute Gasteiger partial charge is 0.247 e. The summed E-state index contributed by atoms with van der Waals surface area (Å²) in [4.78, 5) is 31.2. The average molecular weight is 566 g/mol. The van der Waals surface area contributed by atoms with Gasteiger partial charge in [-0.15, -0.1) is 0 Å². The number of nitrogens with one attached hydrogen (secondary N) is 2. The quantitative estimate of drug-likeness (QED) is 0.360. The number of amides is 1. The molecule has 41 heavy (non-hydrogen) atoms. The van der Waals surface area contributed by atoms with Gasteiger partial charge in [0.1, 0.15) is 29.5 Å². The lowest BCUT2D eigenvalue weighted by Crippen LogP contribution is -2.31. The number of rotatable bonds is 9. The number of hydrogen-bond donors (Lipinski definition) is 2. The van der Waals surface area contributed by atoms with E-state index in [-0.39, 0.29) is 5.91 Å². The molecule has 2 unspecified atom stereocenters. The molecule has 5 rings (SSSR count). The molecule has 2 N–H and O–H groups in total. The summed E-state index contributed by atoms with van der Waals surface area (Å²) in [5.41, 5.74) is 2.45. The van der Waals surface area contributed by atoms with E-state index in [1.165, 1.54) is 29.6 Å². The van der Waals surface area contributed by atoms with Gasteiger partial charge in [-0.05, 0) is 50.4 Å². The second-order valence-corrected chi connectivity index (χ2v) is 10.2. The first-order valence-corrected chi connectivity index (χ1v) is 13.3. The minimum Gasteiger partial charge on any atom is -0.494 e. The average Bonchev–Trinajstić information content (AvgIpc) is 3.64. The number of hydroxylamine groups is 1. The Morgan fingerprint density at radius 3 is 2.59 bits per heavy atom. The van der Waals surface area contributed by atoms with Crippen LogP contribution in [-0.2, 0) is 9.63 Å². The molecule has 2 aliphatic rings. The number of ether oxygens (including phenoxy) is 1. The van der Waals surface area contributed by atoms with Gasteiger partial charge in [0.2, 0.25) is 5.91 Å². The van der Waals surface area contributed by atoms with Gasteiger partial charge in [0.15, 0.2) is 5.82 Å². The second-order valence-electron chi connectivity index (χ2n) is 10.2. The molecule has 0 bridgehead atoms. The van der Waals surface area contributed by atoms with E-state index < -0.39 is 17.7 Å². The van der Waals surface area contributed by atoms with Crippen molar-refractivity contribution in [1.82, 2.24) is 14.9 Å². The largest absolute Gasteiger partial charge is 0.494 e. The van der Waals surface area contributed by atoms with E-state index in [0.29, 0.717) is 53.4 Å². The fourth-order valence-electron chi connectivity index (χ4n) is 5.20. The number of benzene rings is 2. The van der Waals surface area contributed by atoms with Crippen LogP contribution in [-0.4, -0.2) is 67.7 Å². The van der Waals surface area contributed by atoms with Gasteiger partial charge in [0.05, 0.1) is 36.8 Å². The fourth-order valence-corrected chi connectivity index (χ4v) is 5.20. The van der Waals surface area contributed by atoms with Crippen LogP contribution in [0.15, 0.2) is 55.4 Å². The van der Waals surface area contributed by atoms with E-state index in [9.17, 15) is 13.6 Å². The van der Waals surface area contributed by atoms with Crippen LogP contribution < -0.4 is 25.3 Å². The highest BCUT2D eigenvalue weighted by atomic mass is 19.1. The van der Waals surface area contributed by atoms with Crippen molar-refractivity contribution in [2.75, 3.05) is 61.5 Å². The van der Waals surface area contributed by atoms with Crippen molar-refractivity contribution in [2.24, 2.45) is 0 Å². The molecule has 1 aromatic heterocycles. The molecule has 12 heteroatoms. The van der Waals surface area contributed by atoms with Gasteiger partial charge in [-0.25, -0.2) is 23.8 Å². The molecule has 2 fully saturated rings. The van der Waals surface area contributed by atoms with Crippen LogP contribution in [0.3, 0.4) is 0 Å². The van der Waals surface area contributed by atoms with Crippen LogP contribution in [0.5, 0.6) is 5.75 Å². The van der Waals surface area contributed by atoms with Crippen molar-refractivity contribution in [3.63, 3.8) is 0 Å². The Morgan fingerprint density at radius 2 is 1.90 bits per heavy atom. The van der Waals surface area contributed by atoms with Crippen molar-refractivity contribution in [2.45, 2.75) is 24.9 Å². The predicted molar refractivity (Wildman–Crippen MR) is 154 cm³/mol. The van der Waals surface area contributed by atoms with Crippen LogP contribution in [0.25, 0.3) is 0 Å². The first-order chi connectivity index (χ1) is 19.7. The van der Waals surface area contributed by atoms with Crippen LogP contribution >= 0.6 is 0 Å². The van der Waals surface area contributed by atoms with Crippen LogP contribution in [0.4, 0.5) is 37.5 Å². The predicted octanol–water partition coefficient (Wildman–Crippen LogP) is 4.65. The molecule has 0 spiro atoms. The van der Waals surface area contributed by atoms with Gasteiger partial charge < -0.3 is 25.2 Å². The third-order valence-electron chi connectivity index (χ3n) is 7.31. The van der Waals surface area contributed by atoms with Crippen molar-refractivity contribution < 1.29 is 23.1 Å². The molecule has 2 saturated heterocycles. The molecular weight excluding hydrogens is 532 g/mol. The molecule has 3 heterocycles. The minimum absolute atomic E-state index is 0.332. The number of methoxy groups -OCH3 is 1. The fraction of sp³-hybridized carbons (Fsp3) is 0.345. The van der Waals surface area contributed by atoms with Crippen LogP contribution in [0, 0.1) is 11.6 Å². The van der Waals surface area contributed by atoms with Crippen molar-refractivity contribution >= 4 is 34.6 Å². The molecule has 10 nitrogen and oxygen atoms in total. The number of anilines is 5. The van der Waals surface area contributed by atoms with Crippen LogP contribution in [0.2, 0.25) is 0 Å². The van der Waals surface area contributed by atoms with Gasteiger partial charge in [-0.3, -0.25) is 9.63 Å². The van der Waals surface area contributed by atoms with E-state index in [0.717, 1.165) is 31.3 Å². The summed E-state index contributed by atoms with van der Waals surface area (Å²) in [5.74, 6) is -0.250. The number of nitrogens with zero attached hydrogens (tertiary/aromatic N) is 5. The third kappa shape index (κ3) is 6.23. The maximum Gasteiger partial charge on any atom is 0.247 e. The van der Waals surface area contributed by atoms with Crippen molar-refractivity contribution in [3.8, 4) is 5.75 Å². The maximum absolute atomic E-state index is 13.9. The molecule has 0 aliphatic carbocycles. The zero-order valence-corrected chi connectivity index (χ0v) is 23.2. The number of likely N-dealkylation sites (N-methyl/N-ethyl adjacent to an activating group) is 1. The number of carbonyl (C=O) groups excluding carboxylic acids is 1. The Balaban J connectivity index is 1.44. The number of hydrogen-bond acceptors (Lipinski definition) is 9. The Labute approximate surface area is 237 Å². The Bertz CT molecular complexity index is 1420. The van der Waals surface area contributed by atoms with Gasteiger partial charge in [0.25, 0.3) is 0 Å². The Morgan fingerprint density at radius 1 is 1.12 bits per heavy atom. The molecule has 2 aliphatic heterocycles. The van der Waals surface area contributed by atoms with E-state index in [4.69, 9.17) is 9.57 Å². The standard InChI is InChI=1S/C29H33F2N7O3/c1-5-29(39)35-22-13-23(26(40-4)14-25(22)37-8-6-21(16-37)36(2)3)34-27-15-28(33-17-32-27)38-24(7-9-41-38)18-10-19(30)12-20(31)11-18/h5,10-15,17,21,24H,1,6-9,16H2,2-4H3,(H,35,39)(H,32,33,34). The zero-order valence-electron chi connectivity index (χ0n) is 23.2. The highest BCUT2D eigenvalue weighted by Gasteiger charge is 2.30. The third-order valence-corrected chi connectivity index (χ3v) is 7.31. The topological polar surface area (TPSA) is 95.1 Å². The Kier molecular flexibility index (Phi) is 8.31. The number of carbonyl (C=O) groups is 1. The first-order valence-electron chi connectivity index (χ1n) is 13.3. The van der Waals surface area contributed by atoms with E-state index >= 15 is 0 Å². The van der Waals surface area contributed by atoms with E-state index in [2.05, 4.69) is 51.1 Å². The molecule has 0 radical (unpaired) electrons. The second kappa shape index (κ2) is 12.1. The summed E-state index contributed by atoms with van der Waals surface area (Å²) in [6, 6.07) is 8.75. The molecule has 2 aromatic carbocycles. The lowest BCUT2D eigenvalue weighted by atomic mass is 10.0. The maximum atomic E-state index is 13.9. The van der Waals surface area contributed by atoms with Gasteiger partial charge in [-0.1, -0.05) is 6.58 Å². The van der Waals surface area contributed by atoms with Gasteiger partial charge in [-0.2, -0.15) is 0 Å². The summed E-state index contributed by atoms with van der Waals surface area (Å²) in [7, 11) is 5.69. The van der Waals surface area contributed by atoms with E-state index in [1.54, 1.807) is 19.2 Å². The molecule has 0 saturated carbocycles. The number of halogens is 2. The highest BCUT2D eigenvalue weighted by Crippen LogP contribution is 2.40. The highest BCUT2D eigenvalue weighted by molar-refractivity contribution is 6.02. The molecule has 3 aromatic rings. The summed E-state index contributed by atoms with van der Waals surface area (Å²) in [5, 5.41) is 7.71. The van der Waals surface area contributed by atoms with Crippen LogP contribution in [0.1, 0.15) is 24.4 Å². The first kappa shape index (κ1) is 28.2. The SMILES string of the molecule is C=CC(=O)Nc1cc(Nc2cc(N3OCCC3c3cc(F)cc(F)c3)ncn2)c(OC)cc1N1CCC(N(C)C)C1. The normalized spacial score (nSPS) is 18.6. The minimum atomic E-state index is -0.655. The lowest BCUT2D eigenvalue weighted by molar-refractivity contribution is -0.111. The molecule has 1 amide bonds. The molecule has 216 valence electrons. The van der Waals surface area contributed by atoms with E-state index in [1.807, 2.05) is 6.07 Å².